The molecule has 2 rings (SSSR count). The fourth-order valence-corrected chi connectivity index (χ4v) is 2.26. The van der Waals surface area contributed by atoms with Crippen LogP contribution in [0.2, 0.25) is 0 Å². The number of carboxylic acid groups (broad SMARTS) is 1. The summed E-state index contributed by atoms with van der Waals surface area (Å²) >= 11 is 0. The minimum atomic E-state index is -0.953. The number of benzene rings is 1. The van der Waals surface area contributed by atoms with E-state index in [9.17, 15) is 9.59 Å². The molecular weight excluding hydrogens is 272 g/mol. The number of carbonyl (C=O) groups excluding carboxylic acids is 1. The van der Waals surface area contributed by atoms with Crippen molar-refractivity contribution in [1.29, 1.82) is 0 Å². The summed E-state index contributed by atoms with van der Waals surface area (Å²) in [7, 11) is 3.39. The number of amides is 2. The first-order valence-electron chi connectivity index (χ1n) is 6.86. The molecule has 2 amide bonds. The highest BCUT2D eigenvalue weighted by atomic mass is 16.5. The zero-order chi connectivity index (χ0) is 15.4. The van der Waals surface area contributed by atoms with Gasteiger partial charge in [-0.1, -0.05) is 12.1 Å². The number of hydrogen-bond donors (Lipinski definition) is 2. The number of nitrogens with zero attached hydrogens (tertiary/aromatic N) is 1. The van der Waals surface area contributed by atoms with Gasteiger partial charge in [0, 0.05) is 26.7 Å². The summed E-state index contributed by atoms with van der Waals surface area (Å²) in [5.74, 6) is -0.953. The summed E-state index contributed by atoms with van der Waals surface area (Å²) in [6.45, 7) is 0.437. The third kappa shape index (κ3) is 3.95. The fraction of sp³-hybridized carbons (Fsp3) is 0.467. The Balaban J connectivity index is 1.81. The van der Waals surface area contributed by atoms with Crippen LogP contribution in [0, 0.1) is 0 Å². The van der Waals surface area contributed by atoms with Crippen molar-refractivity contribution in [2.75, 3.05) is 14.2 Å². The molecule has 0 saturated heterocycles. The van der Waals surface area contributed by atoms with E-state index in [4.69, 9.17) is 9.84 Å². The molecule has 1 aromatic carbocycles. The molecule has 6 nitrogen and oxygen atoms in total. The molecule has 1 fully saturated rings. The number of carboxylic acids is 1. The molecule has 114 valence electrons. The van der Waals surface area contributed by atoms with Crippen molar-refractivity contribution < 1.29 is 19.4 Å². The number of hydrogen-bond acceptors (Lipinski definition) is 3. The maximum Gasteiger partial charge on any atom is 0.335 e. The van der Waals surface area contributed by atoms with E-state index in [-0.39, 0.29) is 23.7 Å². The lowest BCUT2D eigenvalue weighted by atomic mass is 9.89. The minimum absolute atomic E-state index is 0.128. The molecule has 6 heteroatoms. The van der Waals surface area contributed by atoms with Gasteiger partial charge < -0.3 is 20.1 Å². The number of aromatic carboxylic acids is 1. The Bertz CT molecular complexity index is 509. The second kappa shape index (κ2) is 6.58. The van der Waals surface area contributed by atoms with Gasteiger partial charge in [0.25, 0.3) is 0 Å². The van der Waals surface area contributed by atoms with E-state index in [1.807, 2.05) is 0 Å². The predicted molar refractivity (Wildman–Crippen MR) is 77.2 cm³/mol. The van der Waals surface area contributed by atoms with Gasteiger partial charge in [0.15, 0.2) is 0 Å². The van der Waals surface area contributed by atoms with E-state index in [1.54, 1.807) is 43.3 Å². The molecule has 1 aliphatic carbocycles. The molecule has 0 spiro atoms. The normalized spacial score (nSPS) is 20.5. The van der Waals surface area contributed by atoms with Crippen molar-refractivity contribution in [3.63, 3.8) is 0 Å². The minimum Gasteiger partial charge on any atom is -0.478 e. The highest BCUT2D eigenvalue weighted by molar-refractivity contribution is 5.87. The number of urea groups is 1. The largest absolute Gasteiger partial charge is 0.478 e. The van der Waals surface area contributed by atoms with Crippen molar-refractivity contribution in [2.24, 2.45) is 0 Å². The molecule has 1 aromatic rings. The summed E-state index contributed by atoms with van der Waals surface area (Å²) in [6.07, 6.45) is 1.96. The van der Waals surface area contributed by atoms with E-state index in [0.29, 0.717) is 6.54 Å². The smallest absolute Gasteiger partial charge is 0.335 e. The molecule has 21 heavy (non-hydrogen) atoms. The van der Waals surface area contributed by atoms with Crippen LogP contribution in [-0.2, 0) is 11.3 Å². The van der Waals surface area contributed by atoms with Crippen LogP contribution in [0.15, 0.2) is 24.3 Å². The molecule has 0 aliphatic heterocycles. The summed E-state index contributed by atoms with van der Waals surface area (Å²) < 4.78 is 5.17. The van der Waals surface area contributed by atoms with Crippen LogP contribution >= 0.6 is 0 Å². The molecule has 0 bridgehead atoms. The van der Waals surface area contributed by atoms with E-state index in [2.05, 4.69) is 5.32 Å². The molecule has 2 N–H and O–H groups in total. The van der Waals surface area contributed by atoms with Crippen LogP contribution in [0.4, 0.5) is 4.79 Å². The molecule has 1 aliphatic rings. The van der Waals surface area contributed by atoms with Gasteiger partial charge in [-0.2, -0.15) is 0 Å². The molecule has 0 unspecified atom stereocenters. The van der Waals surface area contributed by atoms with Gasteiger partial charge in [-0.05, 0) is 30.5 Å². The third-order valence-electron chi connectivity index (χ3n) is 3.72. The molecule has 1 saturated carbocycles. The van der Waals surface area contributed by atoms with Crippen molar-refractivity contribution in [1.82, 2.24) is 10.2 Å². The van der Waals surface area contributed by atoms with Crippen molar-refractivity contribution in [3.05, 3.63) is 35.4 Å². The SMILES string of the molecule is COC1CC(NC(=O)N(C)Cc2ccc(C(=O)O)cc2)C1. The lowest BCUT2D eigenvalue weighted by molar-refractivity contribution is 0.0193. The lowest BCUT2D eigenvalue weighted by Crippen LogP contribution is -2.50. The Kier molecular flexibility index (Phi) is 4.80. The topological polar surface area (TPSA) is 78.9 Å². The summed E-state index contributed by atoms with van der Waals surface area (Å²) in [6, 6.07) is 6.57. The van der Waals surface area contributed by atoms with Crippen LogP contribution in [0.3, 0.4) is 0 Å². The van der Waals surface area contributed by atoms with Gasteiger partial charge in [0.2, 0.25) is 0 Å². The molecule has 0 aromatic heterocycles. The third-order valence-corrected chi connectivity index (χ3v) is 3.72. The predicted octanol–water partition coefficient (Wildman–Crippen LogP) is 1.70. The molecule has 0 radical (unpaired) electrons. The number of ether oxygens (including phenoxy) is 1. The molecular formula is C15H20N2O4. The Morgan fingerprint density at radius 3 is 2.48 bits per heavy atom. The Morgan fingerprint density at radius 1 is 1.33 bits per heavy atom. The van der Waals surface area contributed by atoms with Gasteiger partial charge in [-0.3, -0.25) is 0 Å². The van der Waals surface area contributed by atoms with Crippen LogP contribution in [0.25, 0.3) is 0 Å². The highest BCUT2D eigenvalue weighted by Gasteiger charge is 2.30. The maximum atomic E-state index is 12.0. The van der Waals surface area contributed by atoms with Crippen molar-refractivity contribution in [2.45, 2.75) is 31.5 Å². The summed E-state index contributed by atoms with van der Waals surface area (Å²) in [5.41, 5.74) is 1.13. The first-order chi connectivity index (χ1) is 9.99. The van der Waals surface area contributed by atoms with Crippen LogP contribution in [0.1, 0.15) is 28.8 Å². The number of nitrogens with one attached hydrogen (secondary N) is 1. The Morgan fingerprint density at radius 2 is 1.95 bits per heavy atom. The fourth-order valence-electron chi connectivity index (χ4n) is 2.26. The first-order valence-corrected chi connectivity index (χ1v) is 6.86. The van der Waals surface area contributed by atoms with E-state index in [0.717, 1.165) is 18.4 Å². The summed E-state index contributed by atoms with van der Waals surface area (Å²) in [4.78, 5) is 24.3. The van der Waals surface area contributed by atoms with E-state index >= 15 is 0 Å². The standard InChI is InChI=1S/C15H20N2O4/c1-17(15(20)16-12-7-13(8-12)21-2)9-10-3-5-11(6-4-10)14(18)19/h3-6,12-13H,7-9H2,1-2H3,(H,16,20)(H,18,19). The Hall–Kier alpha value is -2.08. The Labute approximate surface area is 123 Å². The monoisotopic (exact) mass is 292 g/mol. The lowest BCUT2D eigenvalue weighted by Gasteiger charge is -2.35. The molecule has 0 atom stereocenters. The second-order valence-electron chi connectivity index (χ2n) is 5.33. The van der Waals surface area contributed by atoms with Crippen LogP contribution in [0.5, 0.6) is 0 Å². The van der Waals surface area contributed by atoms with E-state index in [1.165, 1.54) is 0 Å². The van der Waals surface area contributed by atoms with E-state index < -0.39 is 5.97 Å². The summed E-state index contributed by atoms with van der Waals surface area (Å²) in [5, 5.41) is 11.8. The van der Waals surface area contributed by atoms with Gasteiger partial charge in [0.05, 0.1) is 11.7 Å². The number of carbonyl (C=O) groups is 2. The number of rotatable bonds is 5. The average molecular weight is 292 g/mol. The number of methoxy groups -OCH3 is 1. The van der Waals surface area contributed by atoms with Gasteiger partial charge >= 0.3 is 12.0 Å². The molecule has 0 heterocycles. The zero-order valence-electron chi connectivity index (χ0n) is 12.2. The first kappa shape index (κ1) is 15.3. The maximum absolute atomic E-state index is 12.0. The zero-order valence-corrected chi connectivity index (χ0v) is 12.2. The van der Waals surface area contributed by atoms with Gasteiger partial charge in [-0.15, -0.1) is 0 Å². The average Bonchev–Trinajstić information content (AvgIpc) is 2.42. The second-order valence-corrected chi connectivity index (χ2v) is 5.33. The van der Waals surface area contributed by atoms with Crippen molar-refractivity contribution >= 4 is 12.0 Å². The van der Waals surface area contributed by atoms with Gasteiger partial charge in [-0.25, -0.2) is 9.59 Å². The van der Waals surface area contributed by atoms with Crippen molar-refractivity contribution in [3.8, 4) is 0 Å². The van der Waals surface area contributed by atoms with Crippen LogP contribution in [-0.4, -0.2) is 48.3 Å². The van der Waals surface area contributed by atoms with Gasteiger partial charge in [0.1, 0.15) is 0 Å². The van der Waals surface area contributed by atoms with Crippen LogP contribution < -0.4 is 5.32 Å². The highest BCUT2D eigenvalue weighted by Crippen LogP contribution is 2.22. The quantitative estimate of drug-likeness (QED) is 0.866.